The summed E-state index contributed by atoms with van der Waals surface area (Å²) in [5, 5.41) is 5.40. The van der Waals surface area contributed by atoms with Gasteiger partial charge in [-0.2, -0.15) is 0 Å². The zero-order chi connectivity index (χ0) is 20.4. The predicted octanol–water partition coefficient (Wildman–Crippen LogP) is 3.70. The number of sulfonamides is 1. The lowest BCUT2D eigenvalue weighted by atomic mass is 9.84. The number of urea groups is 1. The van der Waals surface area contributed by atoms with Gasteiger partial charge in [-0.25, -0.2) is 17.9 Å². The number of hydrogen-bond acceptors (Lipinski definition) is 4. The molecule has 29 heavy (non-hydrogen) atoms. The van der Waals surface area contributed by atoms with Crippen molar-refractivity contribution in [3.8, 4) is 0 Å². The van der Waals surface area contributed by atoms with Gasteiger partial charge in [0.15, 0.2) is 0 Å². The molecule has 2 aromatic rings. The van der Waals surface area contributed by atoms with E-state index >= 15 is 0 Å². The molecule has 2 fully saturated rings. The Hall–Kier alpha value is -2.32. The molecule has 0 spiro atoms. The average molecular weight is 418 g/mol. The summed E-state index contributed by atoms with van der Waals surface area (Å²) in [6, 6.07) is 7.54. The number of hydrogen-bond donors (Lipinski definition) is 3. The summed E-state index contributed by atoms with van der Waals surface area (Å²) in [6.45, 7) is 2.32. The fraction of sp³-hybridized carbons (Fsp3) is 0.476. The molecule has 1 aromatic heterocycles. The summed E-state index contributed by atoms with van der Waals surface area (Å²) < 4.78 is 33.3. The number of benzene rings is 1. The van der Waals surface area contributed by atoms with Crippen LogP contribution in [0.25, 0.3) is 0 Å². The maximum atomic E-state index is 12.8. The van der Waals surface area contributed by atoms with Crippen LogP contribution in [-0.2, 0) is 16.6 Å². The van der Waals surface area contributed by atoms with Crippen LogP contribution in [0, 0.1) is 17.8 Å². The van der Waals surface area contributed by atoms with E-state index in [2.05, 4.69) is 15.4 Å². The maximum absolute atomic E-state index is 12.8. The Morgan fingerprint density at radius 3 is 2.59 bits per heavy atom. The topological polar surface area (TPSA) is 100 Å². The van der Waals surface area contributed by atoms with E-state index in [0.29, 0.717) is 24.1 Å². The van der Waals surface area contributed by atoms with E-state index in [1.807, 2.05) is 6.92 Å². The summed E-state index contributed by atoms with van der Waals surface area (Å²) in [7, 11) is -3.59. The minimum atomic E-state index is -3.59. The van der Waals surface area contributed by atoms with Gasteiger partial charge in [-0.05, 0) is 74.3 Å². The SMILES string of the molecule is C[C@H](NS(=O)(=O)c1ccc(NC(=O)NCc2ccoc2)cc1)[C@H]1C[C@H]2CC[C@H]1C2. The normalized spacial score (nSPS) is 24.4. The van der Waals surface area contributed by atoms with E-state index in [1.54, 1.807) is 30.7 Å². The number of furan rings is 1. The van der Waals surface area contributed by atoms with Crippen molar-refractivity contribution in [2.24, 2.45) is 17.8 Å². The number of nitrogens with one attached hydrogen (secondary N) is 3. The zero-order valence-corrected chi connectivity index (χ0v) is 17.2. The minimum absolute atomic E-state index is 0.0678. The highest BCUT2D eigenvalue weighted by Crippen LogP contribution is 2.49. The van der Waals surface area contributed by atoms with Crippen molar-refractivity contribution >= 4 is 21.7 Å². The van der Waals surface area contributed by atoms with E-state index in [4.69, 9.17) is 4.42 Å². The van der Waals surface area contributed by atoms with Gasteiger partial charge in [-0.15, -0.1) is 0 Å². The number of carbonyl (C=O) groups excluding carboxylic acids is 1. The second-order valence-electron chi connectivity index (χ2n) is 8.21. The number of carbonyl (C=O) groups is 1. The van der Waals surface area contributed by atoms with Crippen LogP contribution < -0.4 is 15.4 Å². The van der Waals surface area contributed by atoms with Crippen LogP contribution in [0.1, 0.15) is 38.2 Å². The molecule has 0 radical (unpaired) electrons. The molecule has 2 amide bonds. The molecule has 2 aliphatic carbocycles. The zero-order valence-electron chi connectivity index (χ0n) is 16.4. The van der Waals surface area contributed by atoms with E-state index in [0.717, 1.165) is 17.9 Å². The van der Waals surface area contributed by atoms with E-state index in [1.165, 1.54) is 31.4 Å². The molecule has 4 rings (SSSR count). The average Bonchev–Trinajstić information content (AvgIpc) is 3.44. The van der Waals surface area contributed by atoms with Crippen molar-refractivity contribution in [3.05, 3.63) is 48.4 Å². The molecule has 8 heteroatoms. The van der Waals surface area contributed by atoms with Crippen LogP contribution >= 0.6 is 0 Å². The number of rotatable bonds is 7. The first-order valence-electron chi connectivity index (χ1n) is 10.1. The van der Waals surface area contributed by atoms with Crippen LogP contribution in [0.5, 0.6) is 0 Å². The molecule has 0 saturated heterocycles. The summed E-state index contributed by atoms with van der Waals surface area (Å²) in [4.78, 5) is 12.2. The molecule has 0 unspecified atom stereocenters. The molecule has 2 bridgehead atoms. The Balaban J connectivity index is 1.32. The summed E-state index contributed by atoms with van der Waals surface area (Å²) in [6.07, 6.45) is 8.00. The quantitative estimate of drug-likeness (QED) is 0.639. The molecular weight excluding hydrogens is 390 g/mol. The van der Waals surface area contributed by atoms with Crippen LogP contribution in [0.3, 0.4) is 0 Å². The van der Waals surface area contributed by atoms with Gasteiger partial charge in [0.2, 0.25) is 10.0 Å². The van der Waals surface area contributed by atoms with Crippen LogP contribution in [0.2, 0.25) is 0 Å². The predicted molar refractivity (Wildman–Crippen MR) is 110 cm³/mol. The Bertz CT molecular complexity index is 941. The molecule has 0 aliphatic heterocycles. The molecule has 2 aliphatic rings. The van der Waals surface area contributed by atoms with Gasteiger partial charge in [0, 0.05) is 23.8 Å². The van der Waals surface area contributed by atoms with Gasteiger partial charge in [-0.3, -0.25) is 0 Å². The Morgan fingerprint density at radius 1 is 1.17 bits per heavy atom. The molecule has 2 saturated carbocycles. The third-order valence-corrected chi connectivity index (χ3v) is 7.81. The van der Waals surface area contributed by atoms with Gasteiger partial charge in [0.25, 0.3) is 0 Å². The van der Waals surface area contributed by atoms with Crippen molar-refractivity contribution in [2.45, 2.75) is 50.1 Å². The highest BCUT2D eigenvalue weighted by Gasteiger charge is 2.42. The van der Waals surface area contributed by atoms with Crippen molar-refractivity contribution in [1.29, 1.82) is 0 Å². The molecule has 1 heterocycles. The Labute approximate surface area is 171 Å². The first-order valence-corrected chi connectivity index (χ1v) is 11.6. The lowest BCUT2D eigenvalue weighted by molar-refractivity contribution is 0.251. The van der Waals surface area contributed by atoms with Crippen LogP contribution in [-0.4, -0.2) is 20.5 Å². The highest BCUT2D eigenvalue weighted by atomic mass is 32.2. The summed E-state index contributed by atoms with van der Waals surface area (Å²) in [5.74, 6) is 1.87. The minimum Gasteiger partial charge on any atom is -0.472 e. The van der Waals surface area contributed by atoms with Gasteiger partial charge in [0.05, 0.1) is 17.4 Å². The molecule has 4 atom stereocenters. The van der Waals surface area contributed by atoms with E-state index in [-0.39, 0.29) is 17.0 Å². The van der Waals surface area contributed by atoms with Gasteiger partial charge < -0.3 is 15.1 Å². The Kier molecular flexibility index (Phi) is 5.65. The third kappa shape index (κ3) is 4.64. The second kappa shape index (κ2) is 8.20. The van der Waals surface area contributed by atoms with Crippen LogP contribution in [0.15, 0.2) is 52.2 Å². The standard InChI is InChI=1S/C21H27N3O4S/c1-14(20-11-15-2-3-17(20)10-15)24-29(26,27)19-6-4-18(5-7-19)23-21(25)22-12-16-8-9-28-13-16/h4-9,13-15,17,20,24H,2-3,10-12H2,1H3,(H2,22,23,25)/t14-,15-,17-,20+/m0/s1. The number of anilines is 1. The highest BCUT2D eigenvalue weighted by molar-refractivity contribution is 7.89. The lowest BCUT2D eigenvalue weighted by Crippen LogP contribution is -2.40. The summed E-state index contributed by atoms with van der Waals surface area (Å²) >= 11 is 0. The fourth-order valence-corrected chi connectivity index (χ4v) is 6.07. The second-order valence-corrected chi connectivity index (χ2v) is 9.93. The third-order valence-electron chi connectivity index (χ3n) is 6.23. The van der Waals surface area contributed by atoms with Gasteiger partial charge >= 0.3 is 6.03 Å². The van der Waals surface area contributed by atoms with Gasteiger partial charge in [0.1, 0.15) is 0 Å². The number of amides is 2. The molecule has 1 aromatic carbocycles. The van der Waals surface area contributed by atoms with Crippen LogP contribution in [0.4, 0.5) is 10.5 Å². The summed E-state index contributed by atoms with van der Waals surface area (Å²) in [5.41, 5.74) is 1.38. The van der Waals surface area contributed by atoms with Crippen molar-refractivity contribution < 1.29 is 17.6 Å². The lowest BCUT2D eigenvalue weighted by Gasteiger charge is -2.28. The van der Waals surface area contributed by atoms with Gasteiger partial charge in [-0.1, -0.05) is 6.42 Å². The van der Waals surface area contributed by atoms with Crippen molar-refractivity contribution in [2.75, 3.05) is 5.32 Å². The Morgan fingerprint density at radius 2 is 1.97 bits per heavy atom. The molecule has 156 valence electrons. The van der Waals surface area contributed by atoms with Crippen molar-refractivity contribution in [3.63, 3.8) is 0 Å². The smallest absolute Gasteiger partial charge is 0.319 e. The van der Waals surface area contributed by atoms with Crippen molar-refractivity contribution in [1.82, 2.24) is 10.0 Å². The largest absolute Gasteiger partial charge is 0.472 e. The molecular formula is C21H27N3O4S. The van der Waals surface area contributed by atoms with E-state index in [9.17, 15) is 13.2 Å². The number of fused-ring (bicyclic) bond motifs is 2. The first-order chi connectivity index (χ1) is 13.9. The fourth-order valence-electron chi connectivity index (χ4n) is 4.77. The molecule has 3 N–H and O–H groups in total. The van der Waals surface area contributed by atoms with E-state index < -0.39 is 10.0 Å². The maximum Gasteiger partial charge on any atom is 0.319 e. The first kappa shape index (κ1) is 20.0. The monoisotopic (exact) mass is 417 g/mol. The molecule has 7 nitrogen and oxygen atoms in total.